The molecule has 1 saturated heterocycles. The SMILES string of the molecule is CCC(C)N(C)CCNC(=NC)NCCCOCC1CCCO1. The van der Waals surface area contributed by atoms with E-state index < -0.39 is 0 Å². The van der Waals surface area contributed by atoms with Crippen molar-refractivity contribution in [2.45, 2.75) is 51.7 Å². The first-order valence-corrected chi connectivity index (χ1v) is 9.01. The Hall–Kier alpha value is -0.850. The second kappa shape index (κ2) is 12.6. The standard InChI is InChI=1S/C17H36N4O2/c1-5-15(2)21(4)11-10-20-17(18-3)19-9-7-12-22-14-16-8-6-13-23-16/h15-16H,5-14H2,1-4H3,(H2,18,19,20). The summed E-state index contributed by atoms with van der Waals surface area (Å²) < 4.78 is 11.2. The van der Waals surface area contributed by atoms with Crippen LogP contribution in [0.2, 0.25) is 0 Å². The van der Waals surface area contributed by atoms with E-state index >= 15 is 0 Å². The molecule has 0 aromatic rings. The zero-order valence-corrected chi connectivity index (χ0v) is 15.4. The quantitative estimate of drug-likeness (QED) is 0.342. The number of guanidine groups is 1. The third-order valence-electron chi connectivity index (χ3n) is 4.41. The van der Waals surface area contributed by atoms with E-state index in [1.54, 1.807) is 0 Å². The molecule has 136 valence electrons. The molecule has 0 aromatic heterocycles. The molecule has 0 saturated carbocycles. The van der Waals surface area contributed by atoms with Gasteiger partial charge in [0.2, 0.25) is 0 Å². The number of hydrogen-bond acceptors (Lipinski definition) is 4. The zero-order valence-electron chi connectivity index (χ0n) is 15.4. The second-order valence-electron chi connectivity index (χ2n) is 6.23. The van der Waals surface area contributed by atoms with Crippen LogP contribution >= 0.6 is 0 Å². The molecule has 1 fully saturated rings. The maximum Gasteiger partial charge on any atom is 0.191 e. The third-order valence-corrected chi connectivity index (χ3v) is 4.41. The first kappa shape index (κ1) is 20.2. The van der Waals surface area contributed by atoms with Crippen molar-refractivity contribution in [2.75, 3.05) is 53.6 Å². The van der Waals surface area contributed by atoms with Crippen LogP contribution in [0, 0.1) is 0 Å². The van der Waals surface area contributed by atoms with Gasteiger partial charge < -0.3 is 25.0 Å². The molecule has 2 unspecified atom stereocenters. The Labute approximate surface area is 142 Å². The van der Waals surface area contributed by atoms with Gasteiger partial charge in [0, 0.05) is 45.9 Å². The number of likely N-dealkylation sites (N-methyl/N-ethyl adjacent to an activating group) is 1. The van der Waals surface area contributed by atoms with Crippen molar-refractivity contribution >= 4 is 5.96 Å². The van der Waals surface area contributed by atoms with Gasteiger partial charge in [0.1, 0.15) is 0 Å². The van der Waals surface area contributed by atoms with E-state index in [0.717, 1.165) is 58.3 Å². The molecule has 0 aliphatic carbocycles. The van der Waals surface area contributed by atoms with Gasteiger partial charge in [-0.25, -0.2) is 0 Å². The normalized spacial score (nSPS) is 20.0. The Morgan fingerprint density at radius 1 is 1.39 bits per heavy atom. The lowest BCUT2D eigenvalue weighted by Crippen LogP contribution is -2.42. The van der Waals surface area contributed by atoms with Gasteiger partial charge in [0.05, 0.1) is 12.7 Å². The lowest BCUT2D eigenvalue weighted by molar-refractivity contribution is 0.0168. The topological polar surface area (TPSA) is 58.1 Å². The minimum absolute atomic E-state index is 0.319. The van der Waals surface area contributed by atoms with Crippen LogP contribution in [0.5, 0.6) is 0 Å². The van der Waals surface area contributed by atoms with E-state index in [2.05, 4.69) is 41.4 Å². The Kier molecular flexibility index (Phi) is 11.0. The van der Waals surface area contributed by atoms with E-state index in [9.17, 15) is 0 Å². The summed E-state index contributed by atoms with van der Waals surface area (Å²) >= 11 is 0. The summed E-state index contributed by atoms with van der Waals surface area (Å²) in [5, 5.41) is 6.68. The smallest absolute Gasteiger partial charge is 0.191 e. The number of nitrogens with one attached hydrogen (secondary N) is 2. The summed E-state index contributed by atoms with van der Waals surface area (Å²) in [6.45, 7) is 9.64. The van der Waals surface area contributed by atoms with Crippen molar-refractivity contribution in [3.8, 4) is 0 Å². The van der Waals surface area contributed by atoms with Gasteiger partial charge in [-0.2, -0.15) is 0 Å². The van der Waals surface area contributed by atoms with Crippen LogP contribution in [0.25, 0.3) is 0 Å². The number of aliphatic imine (C=N–C) groups is 1. The van der Waals surface area contributed by atoms with Crippen LogP contribution in [0.4, 0.5) is 0 Å². The molecule has 1 heterocycles. The van der Waals surface area contributed by atoms with Gasteiger partial charge >= 0.3 is 0 Å². The molecule has 0 bridgehead atoms. The van der Waals surface area contributed by atoms with Gasteiger partial charge in [-0.3, -0.25) is 4.99 Å². The van der Waals surface area contributed by atoms with Crippen LogP contribution in [0.1, 0.15) is 39.5 Å². The summed E-state index contributed by atoms with van der Waals surface area (Å²) in [5.41, 5.74) is 0. The molecule has 0 amide bonds. The van der Waals surface area contributed by atoms with Crippen LogP contribution < -0.4 is 10.6 Å². The van der Waals surface area contributed by atoms with Crippen molar-refractivity contribution in [3.63, 3.8) is 0 Å². The van der Waals surface area contributed by atoms with Crippen LogP contribution in [0.3, 0.4) is 0 Å². The number of ether oxygens (including phenoxy) is 2. The average molecular weight is 329 g/mol. The van der Waals surface area contributed by atoms with E-state index in [1.807, 2.05) is 7.05 Å². The Balaban J connectivity index is 1.98. The first-order valence-electron chi connectivity index (χ1n) is 9.01. The van der Waals surface area contributed by atoms with E-state index in [0.29, 0.717) is 12.1 Å². The highest BCUT2D eigenvalue weighted by Crippen LogP contribution is 2.11. The fraction of sp³-hybridized carbons (Fsp3) is 0.941. The van der Waals surface area contributed by atoms with Gasteiger partial charge in [0.15, 0.2) is 5.96 Å². The number of hydrogen-bond donors (Lipinski definition) is 2. The van der Waals surface area contributed by atoms with Crippen LogP contribution in [0.15, 0.2) is 4.99 Å². The number of nitrogens with zero attached hydrogens (tertiary/aromatic N) is 2. The molecule has 2 atom stereocenters. The van der Waals surface area contributed by atoms with Crippen LogP contribution in [-0.4, -0.2) is 76.6 Å². The monoisotopic (exact) mass is 328 g/mol. The molecule has 6 nitrogen and oxygen atoms in total. The van der Waals surface area contributed by atoms with E-state index in [1.165, 1.54) is 12.8 Å². The molecule has 1 aliphatic heterocycles. The molecule has 2 N–H and O–H groups in total. The molecule has 0 aromatic carbocycles. The summed E-state index contributed by atoms with van der Waals surface area (Å²) in [4.78, 5) is 6.61. The lowest BCUT2D eigenvalue weighted by Gasteiger charge is -2.24. The number of rotatable bonds is 11. The molecule has 0 radical (unpaired) electrons. The Morgan fingerprint density at radius 2 is 2.17 bits per heavy atom. The fourth-order valence-electron chi connectivity index (χ4n) is 2.47. The maximum absolute atomic E-state index is 5.65. The molecule has 1 aliphatic rings. The van der Waals surface area contributed by atoms with Crippen LogP contribution in [-0.2, 0) is 9.47 Å². The van der Waals surface area contributed by atoms with Gasteiger partial charge in [-0.15, -0.1) is 0 Å². The van der Waals surface area contributed by atoms with Crippen molar-refractivity contribution in [1.29, 1.82) is 0 Å². The predicted molar refractivity (Wildman–Crippen MR) is 96.2 cm³/mol. The average Bonchev–Trinajstić information content (AvgIpc) is 3.08. The van der Waals surface area contributed by atoms with E-state index in [4.69, 9.17) is 9.47 Å². The van der Waals surface area contributed by atoms with Crippen molar-refractivity contribution in [2.24, 2.45) is 4.99 Å². The zero-order chi connectivity index (χ0) is 16.9. The van der Waals surface area contributed by atoms with Crippen molar-refractivity contribution < 1.29 is 9.47 Å². The highest BCUT2D eigenvalue weighted by molar-refractivity contribution is 5.79. The summed E-state index contributed by atoms with van der Waals surface area (Å²) in [6.07, 6.45) is 4.78. The molecule has 23 heavy (non-hydrogen) atoms. The van der Waals surface area contributed by atoms with E-state index in [-0.39, 0.29) is 0 Å². The van der Waals surface area contributed by atoms with Gasteiger partial charge in [0.25, 0.3) is 0 Å². The highest BCUT2D eigenvalue weighted by Gasteiger charge is 2.14. The summed E-state index contributed by atoms with van der Waals surface area (Å²) in [5.74, 6) is 0.863. The van der Waals surface area contributed by atoms with Crippen molar-refractivity contribution in [3.05, 3.63) is 0 Å². The fourth-order valence-corrected chi connectivity index (χ4v) is 2.47. The minimum atomic E-state index is 0.319. The molecule has 6 heteroatoms. The largest absolute Gasteiger partial charge is 0.379 e. The molecular formula is C17H36N4O2. The highest BCUT2D eigenvalue weighted by atomic mass is 16.5. The Bertz CT molecular complexity index is 320. The van der Waals surface area contributed by atoms with Crippen molar-refractivity contribution in [1.82, 2.24) is 15.5 Å². The lowest BCUT2D eigenvalue weighted by atomic mass is 10.2. The van der Waals surface area contributed by atoms with Gasteiger partial charge in [-0.1, -0.05) is 6.92 Å². The second-order valence-corrected chi connectivity index (χ2v) is 6.23. The first-order chi connectivity index (χ1) is 11.2. The summed E-state index contributed by atoms with van der Waals surface area (Å²) in [7, 11) is 3.97. The molecule has 1 rings (SSSR count). The maximum atomic E-state index is 5.65. The molecular weight excluding hydrogens is 292 g/mol. The minimum Gasteiger partial charge on any atom is -0.379 e. The predicted octanol–water partition coefficient (Wildman–Crippen LogP) is 1.47. The summed E-state index contributed by atoms with van der Waals surface area (Å²) in [6, 6.07) is 0.618. The van der Waals surface area contributed by atoms with Gasteiger partial charge in [-0.05, 0) is 39.7 Å². The third kappa shape index (κ3) is 9.13. The molecule has 0 spiro atoms. The Morgan fingerprint density at radius 3 is 2.83 bits per heavy atom.